The highest BCUT2D eigenvalue weighted by molar-refractivity contribution is 14.0. The van der Waals surface area contributed by atoms with Crippen LogP contribution in [0.15, 0.2) is 47.0 Å². The quantitative estimate of drug-likeness (QED) is 0.250. The molecule has 2 N–H and O–H groups in total. The summed E-state index contributed by atoms with van der Waals surface area (Å²) in [5.74, 6) is 0.963. The normalized spacial score (nSPS) is 19.8. The van der Waals surface area contributed by atoms with Crippen molar-refractivity contribution in [2.75, 3.05) is 39.4 Å². The first-order valence-corrected chi connectivity index (χ1v) is 10.9. The van der Waals surface area contributed by atoms with Crippen molar-refractivity contribution in [1.82, 2.24) is 15.5 Å². The number of nitrogens with zero attached hydrogens (tertiary/aromatic N) is 2. The third-order valence-corrected chi connectivity index (χ3v) is 5.80. The van der Waals surface area contributed by atoms with Gasteiger partial charge in [-0.2, -0.15) is 0 Å². The van der Waals surface area contributed by atoms with E-state index in [-0.39, 0.29) is 24.0 Å². The Bertz CT molecular complexity index is 642. The fourth-order valence-electron chi connectivity index (χ4n) is 3.99. The van der Waals surface area contributed by atoms with Crippen LogP contribution in [-0.4, -0.2) is 56.3 Å². The molecular weight excluding hydrogens is 475 g/mol. The van der Waals surface area contributed by atoms with Crippen LogP contribution in [0.25, 0.3) is 0 Å². The second-order valence-corrected chi connectivity index (χ2v) is 7.74. The summed E-state index contributed by atoms with van der Waals surface area (Å²) in [4.78, 5) is 7.40. The van der Waals surface area contributed by atoms with E-state index < -0.39 is 0 Å². The minimum Gasteiger partial charge on any atom is -0.377 e. The lowest BCUT2D eigenvalue weighted by molar-refractivity contribution is 0.153. The topological polar surface area (TPSA) is 48.9 Å². The smallest absolute Gasteiger partial charge is 0.191 e. The van der Waals surface area contributed by atoms with E-state index in [1.165, 1.54) is 11.1 Å². The summed E-state index contributed by atoms with van der Waals surface area (Å²) >= 11 is 0. The Labute approximate surface area is 193 Å². The number of ether oxygens (including phenoxy) is 1. The zero-order chi connectivity index (χ0) is 19.6. The molecule has 162 valence electrons. The van der Waals surface area contributed by atoms with E-state index in [0.717, 1.165) is 71.0 Å². The van der Waals surface area contributed by atoms with Gasteiger partial charge >= 0.3 is 0 Å². The van der Waals surface area contributed by atoms with Gasteiger partial charge in [0.25, 0.3) is 0 Å². The number of hydrogen-bond donors (Lipinski definition) is 2. The van der Waals surface area contributed by atoms with E-state index in [1.807, 2.05) is 0 Å². The van der Waals surface area contributed by atoms with Gasteiger partial charge in [-0.25, -0.2) is 0 Å². The Kier molecular flexibility index (Phi) is 11.0. The third-order valence-electron chi connectivity index (χ3n) is 5.80. The lowest BCUT2D eigenvalue weighted by atomic mass is 10.0. The molecule has 0 radical (unpaired) electrons. The lowest BCUT2D eigenvalue weighted by Crippen LogP contribution is -2.49. The Balaban J connectivity index is 0.00000300. The maximum atomic E-state index is 5.38. The molecule has 0 aliphatic carbocycles. The standard InChI is InChI=1S/C23H36N4O.HI/c1-3-24-23(25-14-9-20-12-17-28-18-13-20)26-22-10-15-27(16-11-22)19(2)21-7-5-4-6-8-21;/h4-8,12,19,22H,3,9-11,13-18H2,1-2H3,(H2,24,25,26);1H. The van der Waals surface area contributed by atoms with Crippen LogP contribution in [-0.2, 0) is 4.74 Å². The molecule has 29 heavy (non-hydrogen) atoms. The number of benzene rings is 1. The van der Waals surface area contributed by atoms with Crippen molar-refractivity contribution in [3.63, 3.8) is 0 Å². The van der Waals surface area contributed by atoms with Crippen molar-refractivity contribution in [1.29, 1.82) is 0 Å². The lowest BCUT2D eigenvalue weighted by Gasteiger charge is -2.37. The molecule has 6 heteroatoms. The summed E-state index contributed by atoms with van der Waals surface area (Å²) in [5.41, 5.74) is 2.89. The van der Waals surface area contributed by atoms with Crippen molar-refractivity contribution < 1.29 is 4.74 Å². The van der Waals surface area contributed by atoms with Gasteiger partial charge in [0.15, 0.2) is 5.96 Å². The maximum Gasteiger partial charge on any atom is 0.191 e. The first kappa shape index (κ1) is 24.2. The Morgan fingerprint density at radius 2 is 2.00 bits per heavy atom. The van der Waals surface area contributed by atoms with Gasteiger partial charge in [0.05, 0.1) is 13.2 Å². The third kappa shape index (κ3) is 7.90. The van der Waals surface area contributed by atoms with Crippen LogP contribution >= 0.6 is 24.0 Å². The molecule has 3 rings (SSSR count). The number of aliphatic imine (C=N–C) groups is 1. The molecule has 0 saturated carbocycles. The average Bonchev–Trinajstić information content (AvgIpc) is 2.75. The van der Waals surface area contributed by atoms with Crippen LogP contribution in [0.1, 0.15) is 51.1 Å². The summed E-state index contributed by atoms with van der Waals surface area (Å²) in [6.07, 6.45) is 6.61. The highest BCUT2D eigenvalue weighted by Gasteiger charge is 2.24. The van der Waals surface area contributed by atoms with Gasteiger partial charge in [0.1, 0.15) is 0 Å². The van der Waals surface area contributed by atoms with E-state index in [1.54, 1.807) is 0 Å². The van der Waals surface area contributed by atoms with Gasteiger partial charge in [-0.3, -0.25) is 9.89 Å². The molecule has 1 unspecified atom stereocenters. The molecule has 2 heterocycles. The van der Waals surface area contributed by atoms with Crippen molar-refractivity contribution in [2.45, 2.75) is 51.6 Å². The zero-order valence-electron chi connectivity index (χ0n) is 17.9. The first-order chi connectivity index (χ1) is 13.8. The van der Waals surface area contributed by atoms with Gasteiger partial charge < -0.3 is 15.4 Å². The molecule has 5 nitrogen and oxygen atoms in total. The molecule has 2 aliphatic rings. The summed E-state index contributed by atoms with van der Waals surface area (Å²) < 4.78 is 5.38. The minimum atomic E-state index is 0. The highest BCUT2D eigenvalue weighted by Crippen LogP contribution is 2.24. The number of rotatable bonds is 7. The Hall–Kier alpha value is -1.12. The largest absolute Gasteiger partial charge is 0.377 e. The van der Waals surface area contributed by atoms with Gasteiger partial charge in [-0.15, -0.1) is 24.0 Å². The van der Waals surface area contributed by atoms with E-state index in [9.17, 15) is 0 Å². The summed E-state index contributed by atoms with van der Waals surface area (Å²) in [6, 6.07) is 11.8. The summed E-state index contributed by atoms with van der Waals surface area (Å²) in [5, 5.41) is 7.07. The highest BCUT2D eigenvalue weighted by atomic mass is 127. The number of guanidine groups is 1. The van der Waals surface area contributed by atoms with E-state index in [2.05, 4.69) is 65.8 Å². The molecule has 2 aliphatic heterocycles. The van der Waals surface area contributed by atoms with Crippen LogP contribution in [0, 0.1) is 0 Å². The molecule has 1 atom stereocenters. The monoisotopic (exact) mass is 512 g/mol. The van der Waals surface area contributed by atoms with Crippen molar-refractivity contribution in [3.8, 4) is 0 Å². The van der Waals surface area contributed by atoms with E-state index in [4.69, 9.17) is 9.73 Å². The van der Waals surface area contributed by atoms with E-state index in [0.29, 0.717) is 12.1 Å². The minimum absolute atomic E-state index is 0. The predicted octanol–water partition coefficient (Wildman–Crippen LogP) is 4.12. The molecule has 1 saturated heterocycles. The van der Waals surface area contributed by atoms with Crippen molar-refractivity contribution in [3.05, 3.63) is 47.5 Å². The zero-order valence-corrected chi connectivity index (χ0v) is 20.2. The number of hydrogen-bond acceptors (Lipinski definition) is 3. The van der Waals surface area contributed by atoms with Gasteiger partial charge in [-0.1, -0.05) is 42.0 Å². The van der Waals surface area contributed by atoms with Crippen molar-refractivity contribution in [2.24, 2.45) is 4.99 Å². The number of likely N-dealkylation sites (tertiary alicyclic amines) is 1. The van der Waals surface area contributed by atoms with Gasteiger partial charge in [0, 0.05) is 38.3 Å². The second-order valence-electron chi connectivity index (χ2n) is 7.74. The van der Waals surface area contributed by atoms with Crippen LogP contribution in [0.5, 0.6) is 0 Å². The number of nitrogens with one attached hydrogen (secondary N) is 2. The molecular formula is C23H37IN4O. The number of halogens is 1. The molecule has 1 fully saturated rings. The van der Waals surface area contributed by atoms with Crippen LogP contribution in [0.3, 0.4) is 0 Å². The van der Waals surface area contributed by atoms with E-state index >= 15 is 0 Å². The maximum absolute atomic E-state index is 5.38. The molecule has 0 spiro atoms. The fourth-order valence-corrected chi connectivity index (χ4v) is 3.99. The Morgan fingerprint density at radius 3 is 2.66 bits per heavy atom. The van der Waals surface area contributed by atoms with Gasteiger partial charge in [-0.05, 0) is 45.1 Å². The van der Waals surface area contributed by atoms with Crippen molar-refractivity contribution >= 4 is 29.9 Å². The fraction of sp³-hybridized carbons (Fsp3) is 0.609. The molecule has 0 amide bonds. The molecule has 0 aromatic heterocycles. The van der Waals surface area contributed by atoms with Crippen LogP contribution < -0.4 is 10.6 Å². The van der Waals surface area contributed by atoms with Gasteiger partial charge in [0.2, 0.25) is 0 Å². The van der Waals surface area contributed by atoms with Crippen LogP contribution in [0.2, 0.25) is 0 Å². The SMILES string of the molecule is CCNC(=NCCC1=CCOCC1)NC1CCN(C(C)c2ccccc2)CC1.I. The number of piperidine rings is 1. The summed E-state index contributed by atoms with van der Waals surface area (Å²) in [7, 11) is 0. The average molecular weight is 512 g/mol. The molecule has 1 aromatic rings. The predicted molar refractivity (Wildman–Crippen MR) is 132 cm³/mol. The molecule has 0 bridgehead atoms. The molecule has 1 aromatic carbocycles. The summed E-state index contributed by atoms with van der Waals surface area (Å²) in [6.45, 7) is 10.0. The Morgan fingerprint density at radius 1 is 1.24 bits per heavy atom. The first-order valence-electron chi connectivity index (χ1n) is 10.9. The second kappa shape index (κ2) is 13.2. The van der Waals surface area contributed by atoms with Crippen LogP contribution in [0.4, 0.5) is 0 Å².